The van der Waals surface area contributed by atoms with Crippen molar-refractivity contribution < 1.29 is 0 Å². The fourth-order valence-corrected chi connectivity index (χ4v) is 2.33. The Hall–Kier alpha value is -1.86. The van der Waals surface area contributed by atoms with Crippen molar-refractivity contribution >= 4 is 10.8 Å². The first-order valence-corrected chi connectivity index (χ1v) is 5.94. The summed E-state index contributed by atoms with van der Waals surface area (Å²) < 4.78 is 0. The number of hydrogen-bond donors (Lipinski definition) is 1. The lowest BCUT2D eigenvalue weighted by atomic mass is 9.93. The molecule has 2 N–H and O–H groups in total. The van der Waals surface area contributed by atoms with Crippen molar-refractivity contribution in [3.05, 3.63) is 72.3 Å². The van der Waals surface area contributed by atoms with E-state index in [0.29, 0.717) is 5.92 Å². The molecule has 0 spiro atoms. The molecule has 2 aromatic carbocycles. The Kier molecular flexibility index (Phi) is 2.54. The number of fused-ring (bicyclic) bond motifs is 1. The zero-order valence-corrected chi connectivity index (χ0v) is 9.58. The average Bonchev–Trinajstić information content (AvgIpc) is 2.91. The van der Waals surface area contributed by atoms with Crippen LogP contribution in [0.5, 0.6) is 0 Å². The molecule has 0 fully saturated rings. The summed E-state index contributed by atoms with van der Waals surface area (Å²) in [5, 5.41) is 2.52. The van der Waals surface area contributed by atoms with Gasteiger partial charge < -0.3 is 5.73 Å². The van der Waals surface area contributed by atoms with Crippen LogP contribution in [0.3, 0.4) is 0 Å². The van der Waals surface area contributed by atoms with Crippen LogP contribution >= 0.6 is 0 Å². The highest BCUT2D eigenvalue weighted by Gasteiger charge is 2.16. The zero-order valence-electron chi connectivity index (χ0n) is 9.58. The summed E-state index contributed by atoms with van der Waals surface area (Å²) in [7, 11) is 0. The molecule has 17 heavy (non-hydrogen) atoms. The fourth-order valence-electron chi connectivity index (χ4n) is 2.33. The van der Waals surface area contributed by atoms with Crippen LogP contribution in [-0.4, -0.2) is 0 Å². The van der Waals surface area contributed by atoms with Gasteiger partial charge in [0.05, 0.1) is 0 Å². The van der Waals surface area contributed by atoms with Crippen molar-refractivity contribution in [2.75, 3.05) is 0 Å². The molecule has 0 bridgehead atoms. The minimum Gasteiger partial charge on any atom is -0.323 e. The van der Waals surface area contributed by atoms with E-state index >= 15 is 0 Å². The predicted molar refractivity (Wildman–Crippen MR) is 72.6 cm³/mol. The SMILES string of the molecule is NC(c1ccc2ccccc2c1)C1C=CC=C1. The largest absolute Gasteiger partial charge is 0.323 e. The summed E-state index contributed by atoms with van der Waals surface area (Å²) in [5.41, 5.74) is 7.49. The molecular weight excluding hydrogens is 206 g/mol. The van der Waals surface area contributed by atoms with E-state index in [9.17, 15) is 0 Å². The van der Waals surface area contributed by atoms with Crippen LogP contribution in [-0.2, 0) is 0 Å². The van der Waals surface area contributed by atoms with E-state index in [1.165, 1.54) is 16.3 Å². The molecule has 1 aliphatic rings. The van der Waals surface area contributed by atoms with E-state index in [0.717, 1.165) is 0 Å². The van der Waals surface area contributed by atoms with Gasteiger partial charge in [0, 0.05) is 12.0 Å². The summed E-state index contributed by atoms with van der Waals surface area (Å²) in [6, 6.07) is 14.9. The molecule has 0 radical (unpaired) electrons. The molecule has 0 saturated carbocycles. The molecule has 0 saturated heterocycles. The molecule has 1 heteroatoms. The summed E-state index contributed by atoms with van der Waals surface area (Å²) in [4.78, 5) is 0. The van der Waals surface area contributed by atoms with Crippen LogP contribution in [0.15, 0.2) is 66.8 Å². The predicted octanol–water partition coefficient (Wildman–Crippen LogP) is 3.58. The van der Waals surface area contributed by atoms with E-state index in [1.54, 1.807) is 0 Å². The molecule has 0 aromatic heterocycles. The maximum absolute atomic E-state index is 6.29. The van der Waals surface area contributed by atoms with Gasteiger partial charge in [-0.3, -0.25) is 0 Å². The fraction of sp³-hybridized carbons (Fsp3) is 0.125. The summed E-state index contributed by atoms with van der Waals surface area (Å²) in [6.07, 6.45) is 8.43. The Balaban J connectivity index is 2.00. The van der Waals surface area contributed by atoms with E-state index in [2.05, 4.69) is 66.8 Å². The lowest BCUT2D eigenvalue weighted by Gasteiger charge is -2.17. The highest BCUT2D eigenvalue weighted by molar-refractivity contribution is 5.83. The molecule has 3 rings (SSSR count). The number of rotatable bonds is 2. The monoisotopic (exact) mass is 221 g/mol. The Labute approximate surface area is 101 Å². The first kappa shape index (κ1) is 10.3. The van der Waals surface area contributed by atoms with Crippen LogP contribution < -0.4 is 5.73 Å². The van der Waals surface area contributed by atoms with Gasteiger partial charge >= 0.3 is 0 Å². The second kappa shape index (κ2) is 4.19. The smallest absolute Gasteiger partial charge is 0.0394 e. The molecule has 1 aliphatic carbocycles. The van der Waals surface area contributed by atoms with E-state index < -0.39 is 0 Å². The van der Waals surface area contributed by atoms with Crippen molar-refractivity contribution in [1.29, 1.82) is 0 Å². The second-order valence-electron chi connectivity index (χ2n) is 4.48. The molecule has 1 unspecified atom stereocenters. The number of hydrogen-bond acceptors (Lipinski definition) is 1. The maximum atomic E-state index is 6.29. The lowest BCUT2D eigenvalue weighted by molar-refractivity contribution is 0.625. The van der Waals surface area contributed by atoms with Gasteiger partial charge in [0.1, 0.15) is 0 Å². The summed E-state index contributed by atoms with van der Waals surface area (Å²) in [5.74, 6) is 0.330. The standard InChI is InChI=1S/C16H15N/c17-16(13-6-2-3-7-13)15-10-9-12-5-1-4-8-14(12)11-15/h1-11,13,16H,17H2. The van der Waals surface area contributed by atoms with Gasteiger partial charge in [0.2, 0.25) is 0 Å². The van der Waals surface area contributed by atoms with E-state index in [-0.39, 0.29) is 6.04 Å². The lowest BCUT2D eigenvalue weighted by Crippen LogP contribution is -2.17. The summed E-state index contributed by atoms with van der Waals surface area (Å²) in [6.45, 7) is 0. The van der Waals surface area contributed by atoms with Gasteiger partial charge in [-0.2, -0.15) is 0 Å². The van der Waals surface area contributed by atoms with Gasteiger partial charge in [-0.05, 0) is 22.4 Å². The molecule has 1 atom stereocenters. The van der Waals surface area contributed by atoms with Gasteiger partial charge in [-0.15, -0.1) is 0 Å². The van der Waals surface area contributed by atoms with Crippen molar-refractivity contribution in [2.24, 2.45) is 11.7 Å². The topological polar surface area (TPSA) is 26.0 Å². The first-order chi connectivity index (χ1) is 8.34. The quantitative estimate of drug-likeness (QED) is 0.824. The van der Waals surface area contributed by atoms with Crippen LogP contribution in [0, 0.1) is 5.92 Å². The van der Waals surface area contributed by atoms with Crippen molar-refractivity contribution in [3.63, 3.8) is 0 Å². The maximum Gasteiger partial charge on any atom is 0.0394 e. The van der Waals surface area contributed by atoms with Gasteiger partial charge in [-0.1, -0.05) is 60.7 Å². The Morgan fingerprint density at radius 2 is 1.59 bits per heavy atom. The first-order valence-electron chi connectivity index (χ1n) is 5.94. The van der Waals surface area contributed by atoms with E-state index in [4.69, 9.17) is 5.73 Å². The Morgan fingerprint density at radius 1 is 0.882 bits per heavy atom. The Morgan fingerprint density at radius 3 is 2.35 bits per heavy atom. The highest BCUT2D eigenvalue weighted by atomic mass is 14.6. The third kappa shape index (κ3) is 1.90. The highest BCUT2D eigenvalue weighted by Crippen LogP contribution is 2.27. The molecule has 1 nitrogen and oxygen atoms in total. The van der Waals surface area contributed by atoms with E-state index in [1.807, 2.05) is 0 Å². The molecule has 0 heterocycles. The van der Waals surface area contributed by atoms with Crippen LogP contribution in [0.2, 0.25) is 0 Å². The molecular formula is C16H15N. The van der Waals surface area contributed by atoms with Crippen molar-refractivity contribution in [3.8, 4) is 0 Å². The number of allylic oxidation sites excluding steroid dienone is 2. The van der Waals surface area contributed by atoms with Gasteiger partial charge in [0.25, 0.3) is 0 Å². The second-order valence-corrected chi connectivity index (χ2v) is 4.48. The molecule has 0 aliphatic heterocycles. The average molecular weight is 221 g/mol. The van der Waals surface area contributed by atoms with Gasteiger partial charge in [0.15, 0.2) is 0 Å². The molecule has 2 aromatic rings. The normalized spacial score (nSPS) is 16.8. The molecule has 0 amide bonds. The van der Waals surface area contributed by atoms with Crippen molar-refractivity contribution in [1.82, 2.24) is 0 Å². The number of nitrogens with two attached hydrogens (primary N) is 1. The minimum absolute atomic E-state index is 0.0506. The zero-order chi connectivity index (χ0) is 11.7. The molecule has 84 valence electrons. The third-order valence-corrected chi connectivity index (χ3v) is 3.35. The van der Waals surface area contributed by atoms with Gasteiger partial charge in [-0.25, -0.2) is 0 Å². The van der Waals surface area contributed by atoms with Crippen LogP contribution in [0.25, 0.3) is 10.8 Å². The summed E-state index contributed by atoms with van der Waals surface area (Å²) >= 11 is 0. The van der Waals surface area contributed by atoms with Crippen LogP contribution in [0.1, 0.15) is 11.6 Å². The third-order valence-electron chi connectivity index (χ3n) is 3.35. The van der Waals surface area contributed by atoms with Crippen LogP contribution in [0.4, 0.5) is 0 Å². The van der Waals surface area contributed by atoms with Crippen molar-refractivity contribution in [2.45, 2.75) is 6.04 Å². The number of benzene rings is 2. The minimum atomic E-state index is 0.0506. The Bertz CT molecular complexity index is 583.